The minimum Gasteiger partial charge on any atom is -0.396 e. The Kier molecular flexibility index (Phi) is 4.08. The lowest BCUT2D eigenvalue weighted by Gasteiger charge is -2.54. The Labute approximate surface area is 105 Å². The molecule has 0 aromatic carbocycles. The Bertz CT molecular complexity index is 253. The maximum atomic E-state index is 9.24. The molecule has 0 aromatic heterocycles. The fourth-order valence-corrected chi connectivity index (χ4v) is 3.38. The molecule has 0 amide bonds. The predicted octanol–water partition coefficient (Wildman–Crippen LogP) is 0.0160. The molecule has 0 spiro atoms. The van der Waals surface area contributed by atoms with E-state index in [4.69, 9.17) is 5.73 Å². The van der Waals surface area contributed by atoms with Gasteiger partial charge >= 0.3 is 0 Å². The van der Waals surface area contributed by atoms with Crippen LogP contribution in [0.2, 0.25) is 0 Å². The highest BCUT2D eigenvalue weighted by Gasteiger charge is 2.46. The van der Waals surface area contributed by atoms with Crippen molar-refractivity contribution in [3.05, 3.63) is 0 Å². The first-order valence-corrected chi connectivity index (χ1v) is 6.92. The highest BCUT2D eigenvalue weighted by Crippen LogP contribution is 2.35. The van der Waals surface area contributed by atoms with Gasteiger partial charge in [-0.3, -0.25) is 0 Å². The number of piperidine rings is 3. The summed E-state index contributed by atoms with van der Waals surface area (Å²) < 4.78 is 0. The van der Waals surface area contributed by atoms with E-state index in [1.807, 2.05) is 0 Å². The molecule has 0 radical (unpaired) electrons. The first kappa shape index (κ1) is 13.3. The van der Waals surface area contributed by atoms with Gasteiger partial charge in [0.2, 0.25) is 0 Å². The van der Waals surface area contributed by atoms with Crippen molar-refractivity contribution in [1.29, 1.82) is 0 Å². The molecule has 4 nitrogen and oxygen atoms in total. The van der Waals surface area contributed by atoms with E-state index in [-0.39, 0.29) is 18.1 Å². The number of aliphatic hydroxyl groups excluding tert-OH is 1. The van der Waals surface area contributed by atoms with Gasteiger partial charge in [-0.15, -0.1) is 0 Å². The van der Waals surface area contributed by atoms with E-state index in [1.165, 1.54) is 25.9 Å². The third-order valence-electron chi connectivity index (χ3n) is 4.90. The molecule has 3 heterocycles. The van der Waals surface area contributed by atoms with Gasteiger partial charge in [-0.05, 0) is 44.7 Å². The van der Waals surface area contributed by atoms with Gasteiger partial charge in [0.15, 0.2) is 0 Å². The summed E-state index contributed by atoms with van der Waals surface area (Å²) in [4.78, 5) is 2.52. The van der Waals surface area contributed by atoms with E-state index < -0.39 is 0 Å². The molecule has 17 heavy (non-hydrogen) atoms. The lowest BCUT2D eigenvalue weighted by molar-refractivity contribution is -0.000297. The van der Waals surface area contributed by atoms with Crippen molar-refractivity contribution in [1.82, 2.24) is 10.2 Å². The number of hydrogen-bond acceptors (Lipinski definition) is 4. The fraction of sp³-hybridized carbons (Fsp3) is 1.00. The van der Waals surface area contributed by atoms with E-state index in [0.717, 1.165) is 6.54 Å². The van der Waals surface area contributed by atoms with Crippen LogP contribution in [0.4, 0.5) is 0 Å². The zero-order chi connectivity index (χ0) is 12.5. The maximum Gasteiger partial charge on any atom is 0.0471 e. The molecule has 0 aliphatic carbocycles. The average molecular weight is 241 g/mol. The summed E-state index contributed by atoms with van der Waals surface area (Å²) >= 11 is 0. The summed E-state index contributed by atoms with van der Waals surface area (Å²) in [6.07, 6.45) is 2.54. The maximum absolute atomic E-state index is 9.24. The third-order valence-corrected chi connectivity index (χ3v) is 4.90. The third kappa shape index (κ3) is 2.50. The van der Waals surface area contributed by atoms with Crippen LogP contribution in [-0.4, -0.2) is 54.4 Å². The number of hydrogen-bond donors (Lipinski definition) is 3. The summed E-state index contributed by atoms with van der Waals surface area (Å²) in [7, 11) is 0. The topological polar surface area (TPSA) is 61.5 Å². The minimum absolute atomic E-state index is 0.0827. The highest BCUT2D eigenvalue weighted by atomic mass is 16.3. The molecule has 0 aromatic rings. The van der Waals surface area contributed by atoms with Gasteiger partial charge in [0.25, 0.3) is 0 Å². The smallest absolute Gasteiger partial charge is 0.0471 e. The van der Waals surface area contributed by atoms with Gasteiger partial charge < -0.3 is 21.1 Å². The minimum atomic E-state index is 0.0827. The number of nitrogens with two attached hydrogens (primary N) is 1. The Morgan fingerprint density at radius 3 is 2.47 bits per heavy atom. The Hall–Kier alpha value is -0.160. The van der Waals surface area contributed by atoms with Crippen LogP contribution in [0.1, 0.15) is 26.7 Å². The number of aliphatic hydroxyl groups is 1. The lowest BCUT2D eigenvalue weighted by Crippen LogP contribution is -2.71. The van der Waals surface area contributed by atoms with Gasteiger partial charge in [0, 0.05) is 31.3 Å². The van der Waals surface area contributed by atoms with E-state index in [1.54, 1.807) is 0 Å². The number of nitrogens with zero attached hydrogens (tertiary/aromatic N) is 1. The lowest BCUT2D eigenvalue weighted by atomic mass is 9.72. The SMILES string of the molecule is CC(CO)C(C)NC1(CN)CN2CCC1CC2. The Morgan fingerprint density at radius 1 is 1.41 bits per heavy atom. The molecule has 3 saturated heterocycles. The van der Waals surface area contributed by atoms with Crippen molar-refractivity contribution in [2.45, 2.75) is 38.3 Å². The van der Waals surface area contributed by atoms with Crippen LogP contribution in [0.5, 0.6) is 0 Å². The van der Waals surface area contributed by atoms with Crippen LogP contribution in [-0.2, 0) is 0 Å². The molecule has 100 valence electrons. The number of nitrogens with one attached hydrogen (secondary N) is 1. The van der Waals surface area contributed by atoms with Gasteiger partial charge in [-0.1, -0.05) is 6.92 Å². The quantitative estimate of drug-likeness (QED) is 0.635. The molecular weight excluding hydrogens is 214 g/mol. The van der Waals surface area contributed by atoms with Crippen LogP contribution in [0.25, 0.3) is 0 Å². The Balaban J connectivity index is 2.04. The molecule has 4 heteroatoms. The molecule has 3 fully saturated rings. The van der Waals surface area contributed by atoms with E-state index in [9.17, 15) is 5.11 Å². The predicted molar refractivity (Wildman–Crippen MR) is 69.8 cm³/mol. The molecule has 3 rings (SSSR count). The van der Waals surface area contributed by atoms with Crippen molar-refractivity contribution in [2.75, 3.05) is 32.8 Å². The largest absolute Gasteiger partial charge is 0.396 e. The van der Waals surface area contributed by atoms with Crippen molar-refractivity contribution < 1.29 is 5.11 Å². The Morgan fingerprint density at radius 2 is 2.06 bits per heavy atom. The van der Waals surface area contributed by atoms with Crippen LogP contribution < -0.4 is 11.1 Å². The summed E-state index contributed by atoms with van der Waals surface area (Å²) in [6.45, 7) is 8.74. The standard InChI is InChI=1S/C13H27N3O/c1-10(7-17)11(2)15-13(8-14)9-16-5-3-12(13)4-6-16/h10-12,15,17H,3-9,14H2,1-2H3. The molecule has 2 bridgehead atoms. The normalized spacial score (nSPS) is 40.2. The van der Waals surface area contributed by atoms with Crippen LogP contribution >= 0.6 is 0 Å². The number of fused-ring (bicyclic) bond motifs is 3. The molecular formula is C13H27N3O. The van der Waals surface area contributed by atoms with Crippen LogP contribution in [0.15, 0.2) is 0 Å². The summed E-state index contributed by atoms with van der Waals surface area (Å²) in [6, 6.07) is 0.323. The summed E-state index contributed by atoms with van der Waals surface area (Å²) in [5.41, 5.74) is 6.15. The summed E-state index contributed by atoms with van der Waals surface area (Å²) in [5.74, 6) is 1.000. The second-order valence-electron chi connectivity index (χ2n) is 6.00. The van der Waals surface area contributed by atoms with Gasteiger partial charge in [-0.25, -0.2) is 0 Å². The van der Waals surface area contributed by atoms with Gasteiger partial charge in [-0.2, -0.15) is 0 Å². The molecule has 3 aliphatic heterocycles. The zero-order valence-corrected chi connectivity index (χ0v) is 11.2. The van der Waals surface area contributed by atoms with E-state index in [2.05, 4.69) is 24.1 Å². The van der Waals surface area contributed by atoms with Gasteiger partial charge in [0.05, 0.1) is 0 Å². The molecule has 0 saturated carbocycles. The van der Waals surface area contributed by atoms with Crippen molar-refractivity contribution in [3.63, 3.8) is 0 Å². The van der Waals surface area contributed by atoms with Crippen molar-refractivity contribution in [3.8, 4) is 0 Å². The molecule has 3 atom stereocenters. The molecule has 3 aliphatic rings. The highest BCUT2D eigenvalue weighted by molar-refractivity contribution is 5.05. The van der Waals surface area contributed by atoms with Gasteiger partial charge in [0.1, 0.15) is 0 Å². The first-order chi connectivity index (χ1) is 8.11. The zero-order valence-electron chi connectivity index (χ0n) is 11.2. The monoisotopic (exact) mass is 241 g/mol. The van der Waals surface area contributed by atoms with Crippen LogP contribution in [0, 0.1) is 11.8 Å². The second-order valence-corrected chi connectivity index (χ2v) is 6.00. The number of rotatable bonds is 5. The van der Waals surface area contributed by atoms with E-state index in [0.29, 0.717) is 18.5 Å². The summed E-state index contributed by atoms with van der Waals surface area (Å²) in [5, 5.41) is 13.0. The van der Waals surface area contributed by atoms with E-state index >= 15 is 0 Å². The fourth-order valence-electron chi connectivity index (χ4n) is 3.38. The molecule has 4 N–H and O–H groups in total. The van der Waals surface area contributed by atoms with Crippen molar-refractivity contribution in [2.24, 2.45) is 17.6 Å². The van der Waals surface area contributed by atoms with Crippen LogP contribution in [0.3, 0.4) is 0 Å². The average Bonchev–Trinajstić information content (AvgIpc) is 2.39. The van der Waals surface area contributed by atoms with Crippen molar-refractivity contribution >= 4 is 0 Å². The first-order valence-electron chi connectivity index (χ1n) is 6.92. The second kappa shape index (κ2) is 5.22. The molecule has 3 unspecified atom stereocenters.